The lowest BCUT2D eigenvalue weighted by molar-refractivity contribution is -0.122. The van der Waals surface area contributed by atoms with Gasteiger partial charge in [0.1, 0.15) is 5.75 Å². The summed E-state index contributed by atoms with van der Waals surface area (Å²) in [5.41, 5.74) is 3.95. The molecule has 2 atom stereocenters. The molecule has 0 aromatic heterocycles. The van der Waals surface area contributed by atoms with Crippen LogP contribution in [0.4, 0.5) is 5.69 Å². The number of nitrogens with one attached hydrogen (secondary N) is 2. The van der Waals surface area contributed by atoms with Crippen molar-refractivity contribution in [3.8, 4) is 5.75 Å². The molecule has 2 amide bonds. The van der Waals surface area contributed by atoms with Gasteiger partial charge in [-0.3, -0.25) is 9.59 Å². The minimum atomic E-state index is -0.722. The lowest BCUT2D eigenvalue weighted by Crippen LogP contribution is -2.32. The van der Waals surface area contributed by atoms with Crippen LogP contribution in [0.25, 0.3) is 0 Å². The van der Waals surface area contributed by atoms with Gasteiger partial charge in [-0.25, -0.2) is 0 Å². The van der Waals surface area contributed by atoms with Gasteiger partial charge in [-0.05, 0) is 62.6 Å². The van der Waals surface area contributed by atoms with E-state index in [1.54, 1.807) is 31.2 Å². The first-order chi connectivity index (χ1) is 14.9. The van der Waals surface area contributed by atoms with E-state index in [9.17, 15) is 9.59 Å². The highest BCUT2D eigenvalue weighted by atomic mass is 16.5. The summed E-state index contributed by atoms with van der Waals surface area (Å²) >= 11 is 0. The molecule has 3 aromatic carbocycles. The highest BCUT2D eigenvalue weighted by Gasteiger charge is 2.20. The summed E-state index contributed by atoms with van der Waals surface area (Å²) < 4.78 is 5.87. The summed E-state index contributed by atoms with van der Waals surface area (Å²) in [4.78, 5) is 25.6. The first kappa shape index (κ1) is 22.1. The highest BCUT2D eigenvalue weighted by Crippen LogP contribution is 2.23. The summed E-state index contributed by atoms with van der Waals surface area (Å²) in [5, 5.41) is 5.82. The zero-order valence-electron chi connectivity index (χ0n) is 18.3. The highest BCUT2D eigenvalue weighted by molar-refractivity contribution is 6.04. The molecule has 3 rings (SSSR count). The van der Waals surface area contributed by atoms with Gasteiger partial charge in [-0.15, -0.1) is 0 Å². The molecular weight excluding hydrogens is 388 g/mol. The summed E-state index contributed by atoms with van der Waals surface area (Å²) in [7, 11) is 0. The Labute approximate surface area is 183 Å². The first-order valence-electron chi connectivity index (χ1n) is 10.4. The van der Waals surface area contributed by atoms with Gasteiger partial charge in [-0.1, -0.05) is 54.6 Å². The van der Waals surface area contributed by atoms with Crippen LogP contribution in [0.2, 0.25) is 0 Å². The second-order valence-corrected chi connectivity index (χ2v) is 7.60. The zero-order valence-corrected chi connectivity index (χ0v) is 18.3. The molecule has 2 N–H and O–H groups in total. The smallest absolute Gasteiger partial charge is 0.265 e. The molecule has 0 aliphatic carbocycles. The van der Waals surface area contributed by atoms with Gasteiger partial charge in [0.15, 0.2) is 6.10 Å². The number of para-hydroxylation sites is 1. The third kappa shape index (κ3) is 5.51. The Morgan fingerprint density at radius 3 is 2.26 bits per heavy atom. The fraction of sp³-hybridized carbons (Fsp3) is 0.231. The second-order valence-electron chi connectivity index (χ2n) is 7.60. The molecule has 3 aromatic rings. The molecule has 0 radical (unpaired) electrons. The quantitative estimate of drug-likeness (QED) is 0.556. The van der Waals surface area contributed by atoms with E-state index < -0.39 is 6.10 Å². The third-order valence-corrected chi connectivity index (χ3v) is 5.30. The van der Waals surface area contributed by atoms with Gasteiger partial charge in [0.25, 0.3) is 11.8 Å². The molecule has 5 nitrogen and oxygen atoms in total. The molecular formula is C26H28N2O3. The first-order valence-corrected chi connectivity index (χ1v) is 10.4. The monoisotopic (exact) mass is 416 g/mol. The van der Waals surface area contributed by atoms with Crippen LogP contribution in [0.3, 0.4) is 0 Å². The number of carbonyl (C=O) groups is 2. The van der Waals surface area contributed by atoms with Crippen LogP contribution in [0.5, 0.6) is 5.75 Å². The van der Waals surface area contributed by atoms with E-state index in [0.717, 1.165) is 16.7 Å². The van der Waals surface area contributed by atoms with Crippen molar-refractivity contribution in [1.82, 2.24) is 5.32 Å². The van der Waals surface area contributed by atoms with Gasteiger partial charge < -0.3 is 15.4 Å². The molecule has 0 heterocycles. The summed E-state index contributed by atoms with van der Waals surface area (Å²) in [6, 6.07) is 22.3. The Hall–Kier alpha value is -3.60. The maximum Gasteiger partial charge on any atom is 0.265 e. The van der Waals surface area contributed by atoms with Crippen molar-refractivity contribution in [2.75, 3.05) is 5.32 Å². The Kier molecular flexibility index (Phi) is 7.08. The fourth-order valence-electron chi connectivity index (χ4n) is 3.22. The minimum absolute atomic E-state index is 0.163. The third-order valence-electron chi connectivity index (χ3n) is 5.30. The van der Waals surface area contributed by atoms with Crippen LogP contribution < -0.4 is 15.4 Å². The molecule has 0 fully saturated rings. The second kappa shape index (κ2) is 9.94. The molecule has 0 aliphatic heterocycles. The Morgan fingerprint density at radius 2 is 1.52 bits per heavy atom. The maximum atomic E-state index is 12.9. The number of amides is 2. The predicted molar refractivity (Wildman–Crippen MR) is 123 cm³/mol. The van der Waals surface area contributed by atoms with E-state index in [4.69, 9.17) is 4.74 Å². The van der Waals surface area contributed by atoms with Crippen LogP contribution >= 0.6 is 0 Å². The average Bonchev–Trinajstić information content (AvgIpc) is 2.77. The number of anilines is 1. The molecule has 5 heteroatoms. The Morgan fingerprint density at radius 1 is 0.839 bits per heavy atom. The van der Waals surface area contributed by atoms with Gasteiger partial charge in [0.05, 0.1) is 17.3 Å². The standard InChI is InChI=1S/C26H28N2O3/c1-17-11-10-16-24(18(17)2)31-20(4)25(29)28-23-15-9-8-14-22(23)26(30)27-19(3)21-12-6-5-7-13-21/h5-16,19-20H,1-4H3,(H,27,30)(H,28,29)/t19-,20-/m0/s1. The number of hydrogen-bond donors (Lipinski definition) is 2. The van der Waals surface area contributed by atoms with Crippen molar-refractivity contribution in [3.05, 3.63) is 95.1 Å². The largest absolute Gasteiger partial charge is 0.481 e. The summed E-state index contributed by atoms with van der Waals surface area (Å²) in [6.45, 7) is 7.58. The van der Waals surface area contributed by atoms with Gasteiger partial charge in [0.2, 0.25) is 0 Å². The van der Waals surface area contributed by atoms with Crippen molar-refractivity contribution in [2.45, 2.75) is 39.8 Å². The molecule has 0 saturated carbocycles. The van der Waals surface area contributed by atoms with Crippen LogP contribution in [0, 0.1) is 13.8 Å². The van der Waals surface area contributed by atoms with E-state index in [2.05, 4.69) is 10.6 Å². The van der Waals surface area contributed by atoms with Gasteiger partial charge in [-0.2, -0.15) is 0 Å². The maximum absolute atomic E-state index is 12.9. The molecule has 0 spiro atoms. The molecule has 0 bridgehead atoms. The summed E-state index contributed by atoms with van der Waals surface area (Å²) in [5.74, 6) is 0.0954. The summed E-state index contributed by atoms with van der Waals surface area (Å²) in [6.07, 6.45) is -0.722. The lowest BCUT2D eigenvalue weighted by Gasteiger charge is -2.19. The Bertz CT molecular complexity index is 1060. The molecule has 0 unspecified atom stereocenters. The predicted octanol–water partition coefficient (Wildman–Crippen LogP) is 5.20. The van der Waals surface area contributed by atoms with E-state index >= 15 is 0 Å². The van der Waals surface area contributed by atoms with Crippen LogP contribution in [0.15, 0.2) is 72.8 Å². The number of rotatable bonds is 7. The zero-order chi connectivity index (χ0) is 22.4. The van der Waals surface area contributed by atoms with Crippen LogP contribution in [-0.2, 0) is 4.79 Å². The number of benzene rings is 3. The van der Waals surface area contributed by atoms with Gasteiger partial charge in [0, 0.05) is 0 Å². The Balaban J connectivity index is 1.70. The number of hydrogen-bond acceptors (Lipinski definition) is 3. The topological polar surface area (TPSA) is 67.4 Å². The molecule has 160 valence electrons. The number of aryl methyl sites for hydroxylation is 1. The van der Waals surface area contributed by atoms with E-state index in [1.165, 1.54) is 0 Å². The number of carbonyl (C=O) groups excluding carboxylic acids is 2. The lowest BCUT2D eigenvalue weighted by atomic mass is 10.1. The van der Waals surface area contributed by atoms with Gasteiger partial charge >= 0.3 is 0 Å². The van der Waals surface area contributed by atoms with Crippen molar-refractivity contribution in [1.29, 1.82) is 0 Å². The molecule has 0 aliphatic rings. The van der Waals surface area contributed by atoms with Crippen molar-refractivity contribution in [2.24, 2.45) is 0 Å². The fourth-order valence-corrected chi connectivity index (χ4v) is 3.22. The van der Waals surface area contributed by atoms with Crippen LogP contribution in [0.1, 0.15) is 46.9 Å². The van der Waals surface area contributed by atoms with Crippen LogP contribution in [-0.4, -0.2) is 17.9 Å². The van der Waals surface area contributed by atoms with E-state index in [-0.39, 0.29) is 17.9 Å². The van der Waals surface area contributed by atoms with Crippen molar-refractivity contribution in [3.63, 3.8) is 0 Å². The van der Waals surface area contributed by atoms with E-state index in [1.807, 2.05) is 69.3 Å². The minimum Gasteiger partial charge on any atom is -0.481 e. The van der Waals surface area contributed by atoms with Crippen molar-refractivity contribution < 1.29 is 14.3 Å². The average molecular weight is 417 g/mol. The number of ether oxygens (including phenoxy) is 1. The SMILES string of the molecule is Cc1cccc(O[C@@H](C)C(=O)Nc2ccccc2C(=O)N[C@@H](C)c2ccccc2)c1C. The molecule has 0 saturated heterocycles. The van der Waals surface area contributed by atoms with E-state index in [0.29, 0.717) is 17.0 Å². The van der Waals surface area contributed by atoms with Crippen molar-refractivity contribution >= 4 is 17.5 Å². The normalized spacial score (nSPS) is 12.5. The molecule has 31 heavy (non-hydrogen) atoms.